The van der Waals surface area contributed by atoms with Crippen LogP contribution in [0, 0.1) is 11.8 Å². The van der Waals surface area contributed by atoms with Crippen LogP contribution in [-0.2, 0) is 0 Å². The first-order valence-corrected chi connectivity index (χ1v) is 17.8. The Hall–Kier alpha value is -3.60. The molecule has 3 aromatic carbocycles. The maximum atomic E-state index is 6.03. The van der Waals surface area contributed by atoms with Crippen molar-refractivity contribution in [2.45, 2.75) is 26.7 Å². The molecule has 0 radical (unpaired) electrons. The molecule has 0 aliphatic rings. The third-order valence-corrected chi connectivity index (χ3v) is 11.1. The molecule has 0 fully saturated rings. The third-order valence-electron chi connectivity index (χ3n) is 8.23. The zero-order chi connectivity index (χ0) is 31.2. The molecular weight excluding hydrogens is 617 g/mol. The summed E-state index contributed by atoms with van der Waals surface area (Å²) >= 11 is 4.80. The predicted octanol–water partition coefficient (Wildman–Crippen LogP) is 9.21. The number of nitrogens with two attached hydrogens (primary N) is 2. The lowest BCUT2D eigenvalue weighted by atomic mass is 10.1. The van der Waals surface area contributed by atoms with Gasteiger partial charge in [-0.15, -0.1) is 22.7 Å². The van der Waals surface area contributed by atoms with Gasteiger partial charge >= 0.3 is 0 Å². The Morgan fingerprint density at radius 3 is 1.40 bits per heavy atom. The molecule has 0 saturated heterocycles. The van der Waals surface area contributed by atoms with E-state index in [1.54, 1.807) is 22.7 Å². The van der Waals surface area contributed by atoms with Gasteiger partial charge in [0, 0.05) is 36.6 Å². The average molecular weight is 655 g/mol. The van der Waals surface area contributed by atoms with E-state index in [2.05, 4.69) is 86.6 Å². The minimum atomic E-state index is 0.164. The van der Waals surface area contributed by atoms with Crippen LogP contribution in [0.15, 0.2) is 84.9 Å². The monoisotopic (exact) mass is 654 g/mol. The van der Waals surface area contributed by atoms with Crippen LogP contribution in [0.5, 0.6) is 11.5 Å². The summed E-state index contributed by atoms with van der Waals surface area (Å²) in [5, 5.41) is 0. The summed E-state index contributed by atoms with van der Waals surface area (Å²) in [6.45, 7) is 6.78. The molecule has 232 valence electrons. The predicted molar refractivity (Wildman–Crippen MR) is 192 cm³/mol. The normalized spacial score (nSPS) is 11.6. The van der Waals surface area contributed by atoms with Crippen LogP contribution < -0.4 is 20.9 Å². The molecule has 0 aliphatic carbocycles. The number of benzene rings is 3. The van der Waals surface area contributed by atoms with Crippen molar-refractivity contribution in [1.29, 1.82) is 0 Å². The summed E-state index contributed by atoms with van der Waals surface area (Å²) < 4.78 is 21.4. The summed E-state index contributed by atoms with van der Waals surface area (Å²) in [6.07, 6.45) is 2.28. The molecule has 0 bridgehead atoms. The van der Waals surface area contributed by atoms with E-state index >= 15 is 0 Å². The molecule has 9 heteroatoms. The lowest BCUT2D eigenvalue weighted by Crippen LogP contribution is -2.28. The highest BCUT2D eigenvalue weighted by molar-refractivity contribution is 7.19. The fourth-order valence-electron chi connectivity index (χ4n) is 5.16. The molecule has 4 N–H and O–H groups in total. The van der Waals surface area contributed by atoms with Crippen LogP contribution >= 0.6 is 34.4 Å². The Labute approximate surface area is 277 Å². The van der Waals surface area contributed by atoms with E-state index in [9.17, 15) is 0 Å². The molecule has 3 aromatic heterocycles. The first-order valence-electron chi connectivity index (χ1n) is 15.4. The van der Waals surface area contributed by atoms with Crippen molar-refractivity contribution in [3.05, 3.63) is 84.9 Å². The van der Waals surface area contributed by atoms with Gasteiger partial charge in [0.15, 0.2) is 0 Å². The molecule has 0 saturated carbocycles. The average Bonchev–Trinajstić information content (AvgIpc) is 3.88. The number of aromatic nitrogens is 2. The maximum absolute atomic E-state index is 6.03. The highest BCUT2D eigenvalue weighted by Crippen LogP contribution is 2.42. The quantitative estimate of drug-likeness (QED) is 0.122. The minimum absolute atomic E-state index is 0.164. The van der Waals surface area contributed by atoms with Crippen molar-refractivity contribution < 1.29 is 9.47 Å². The van der Waals surface area contributed by atoms with Crippen molar-refractivity contribution in [3.63, 3.8) is 0 Å². The van der Waals surface area contributed by atoms with Crippen molar-refractivity contribution >= 4 is 45.4 Å². The Kier molecular flexibility index (Phi) is 10.2. The summed E-state index contributed by atoms with van der Waals surface area (Å²) in [5.41, 5.74) is 17.9. The van der Waals surface area contributed by atoms with Crippen LogP contribution in [0.1, 0.15) is 26.7 Å². The summed E-state index contributed by atoms with van der Waals surface area (Å²) in [7, 11) is 0. The van der Waals surface area contributed by atoms with E-state index in [0.717, 1.165) is 58.7 Å². The van der Waals surface area contributed by atoms with Gasteiger partial charge in [0.2, 0.25) is 0 Å². The van der Waals surface area contributed by atoms with Crippen LogP contribution in [0.25, 0.3) is 52.8 Å². The molecule has 0 spiro atoms. The zero-order valence-electron chi connectivity index (χ0n) is 25.6. The van der Waals surface area contributed by atoms with Gasteiger partial charge in [-0.25, -0.2) is 0 Å². The van der Waals surface area contributed by atoms with Crippen molar-refractivity contribution in [2.75, 3.05) is 26.3 Å². The SMILES string of the molecule is CCC(CC)COc1ccc(-c2ccc(-c3ccc(-c4ccc(-c5ccc(OCC(CN)CN)cc5)s4)c4nsnc34)s2)cc1. The fourth-order valence-corrected chi connectivity index (χ4v) is 7.80. The number of ether oxygens (including phenoxy) is 2. The largest absolute Gasteiger partial charge is 0.493 e. The summed E-state index contributed by atoms with van der Waals surface area (Å²) in [6, 6.07) is 29.7. The Morgan fingerprint density at radius 1 is 0.556 bits per heavy atom. The number of hydrogen-bond acceptors (Lipinski definition) is 9. The standard InChI is InChI=1S/C36H38N4O2S3/c1-3-23(4-2)21-41-27-9-5-25(6-10-27)31-15-17-33(43-31)29-13-14-30(36-35(29)39-45-40-36)34-18-16-32(44-34)26-7-11-28(12-8-26)42-22-24(19-37)20-38/h5-18,23-24H,3-4,19-22,37-38H2,1-2H3. The first kappa shape index (κ1) is 31.4. The van der Waals surface area contributed by atoms with E-state index in [1.165, 1.54) is 36.8 Å². The van der Waals surface area contributed by atoms with Gasteiger partial charge in [-0.2, -0.15) is 8.75 Å². The van der Waals surface area contributed by atoms with Gasteiger partial charge in [-0.1, -0.05) is 38.8 Å². The van der Waals surface area contributed by atoms with Crippen molar-refractivity contribution in [1.82, 2.24) is 8.75 Å². The Bertz CT molecular complexity index is 1690. The number of nitrogens with zero attached hydrogens (tertiary/aromatic N) is 2. The van der Waals surface area contributed by atoms with Crippen LogP contribution in [-0.4, -0.2) is 35.1 Å². The van der Waals surface area contributed by atoms with E-state index < -0.39 is 0 Å². The Morgan fingerprint density at radius 2 is 0.978 bits per heavy atom. The second-order valence-corrected chi connectivity index (χ2v) is 13.8. The molecule has 6 nitrogen and oxygen atoms in total. The van der Waals surface area contributed by atoms with Gasteiger partial charge in [0.25, 0.3) is 0 Å². The highest BCUT2D eigenvalue weighted by Gasteiger charge is 2.17. The summed E-state index contributed by atoms with van der Waals surface area (Å²) in [4.78, 5) is 4.76. The molecule has 6 rings (SSSR count). The second-order valence-electron chi connectivity index (χ2n) is 11.1. The topological polar surface area (TPSA) is 96.3 Å². The van der Waals surface area contributed by atoms with Gasteiger partial charge < -0.3 is 20.9 Å². The smallest absolute Gasteiger partial charge is 0.119 e. The van der Waals surface area contributed by atoms with Gasteiger partial charge in [0.1, 0.15) is 22.5 Å². The fraction of sp³-hybridized carbons (Fsp3) is 0.278. The summed E-state index contributed by atoms with van der Waals surface area (Å²) in [5.74, 6) is 2.51. The lowest BCUT2D eigenvalue weighted by Gasteiger charge is -2.13. The van der Waals surface area contributed by atoms with Crippen molar-refractivity contribution in [2.24, 2.45) is 23.3 Å². The van der Waals surface area contributed by atoms with E-state index in [-0.39, 0.29) is 5.92 Å². The van der Waals surface area contributed by atoms with E-state index in [0.29, 0.717) is 25.6 Å². The minimum Gasteiger partial charge on any atom is -0.493 e. The number of fused-ring (bicyclic) bond motifs is 1. The second kappa shape index (κ2) is 14.7. The van der Waals surface area contributed by atoms with Crippen LogP contribution in [0.3, 0.4) is 0 Å². The van der Waals surface area contributed by atoms with Crippen LogP contribution in [0.4, 0.5) is 0 Å². The number of rotatable bonds is 14. The molecule has 3 heterocycles. The molecular formula is C36H38N4O2S3. The maximum Gasteiger partial charge on any atom is 0.119 e. The third kappa shape index (κ3) is 7.13. The van der Waals surface area contributed by atoms with Gasteiger partial charge in [-0.3, -0.25) is 0 Å². The van der Waals surface area contributed by atoms with Gasteiger partial charge in [-0.05, 0) is 103 Å². The molecule has 6 aromatic rings. The number of thiophene rings is 2. The molecule has 45 heavy (non-hydrogen) atoms. The molecule has 0 unspecified atom stereocenters. The van der Waals surface area contributed by atoms with E-state index in [1.807, 2.05) is 12.1 Å². The van der Waals surface area contributed by atoms with Crippen molar-refractivity contribution in [3.8, 4) is 53.3 Å². The highest BCUT2D eigenvalue weighted by atomic mass is 32.1. The molecule has 0 atom stereocenters. The van der Waals surface area contributed by atoms with E-state index in [4.69, 9.17) is 29.7 Å². The number of hydrogen-bond donors (Lipinski definition) is 2. The Balaban J connectivity index is 1.18. The first-order chi connectivity index (χ1) is 22.1. The van der Waals surface area contributed by atoms with Gasteiger partial charge in [0.05, 0.1) is 24.9 Å². The molecule has 0 amide bonds. The lowest BCUT2D eigenvalue weighted by molar-refractivity contribution is 0.240. The molecule has 0 aliphatic heterocycles. The zero-order valence-corrected chi connectivity index (χ0v) is 28.0. The van der Waals surface area contributed by atoms with Crippen LogP contribution in [0.2, 0.25) is 0 Å².